The Morgan fingerprint density at radius 2 is 2.03 bits per heavy atom. The molecular weight excluding hydrogens is 397 g/mol. The molecule has 0 spiro atoms. The van der Waals surface area contributed by atoms with Crippen LogP contribution in [-0.4, -0.2) is 55.2 Å². The molecule has 1 amide bonds. The highest BCUT2D eigenvalue weighted by atomic mass is 19.1. The van der Waals surface area contributed by atoms with Gasteiger partial charge in [0, 0.05) is 33.1 Å². The molecule has 2 aromatic rings. The third kappa shape index (κ3) is 4.89. The second kappa shape index (κ2) is 8.69. The van der Waals surface area contributed by atoms with Gasteiger partial charge in [-0.25, -0.2) is 9.37 Å². The van der Waals surface area contributed by atoms with E-state index in [0.717, 1.165) is 24.2 Å². The first kappa shape index (κ1) is 21.3. The summed E-state index contributed by atoms with van der Waals surface area (Å²) in [4.78, 5) is 24.4. The van der Waals surface area contributed by atoms with Gasteiger partial charge in [0.15, 0.2) is 11.6 Å². The van der Waals surface area contributed by atoms with Gasteiger partial charge in [0.2, 0.25) is 11.9 Å². The molecule has 1 aliphatic heterocycles. The molecule has 1 saturated carbocycles. The Bertz CT molecular complexity index is 936. The van der Waals surface area contributed by atoms with Gasteiger partial charge in [-0.15, -0.1) is 0 Å². The second-order valence-corrected chi connectivity index (χ2v) is 8.83. The molecule has 1 aliphatic carbocycles. The van der Waals surface area contributed by atoms with Crippen molar-refractivity contribution >= 4 is 17.7 Å². The van der Waals surface area contributed by atoms with Crippen LogP contribution in [0.15, 0.2) is 30.5 Å². The number of rotatable bonds is 7. The van der Waals surface area contributed by atoms with E-state index in [1.165, 1.54) is 6.20 Å². The van der Waals surface area contributed by atoms with Gasteiger partial charge in [-0.2, -0.15) is 4.98 Å². The number of hydrogen-bond acceptors (Lipinski definition) is 6. The van der Waals surface area contributed by atoms with Crippen molar-refractivity contribution in [3.63, 3.8) is 0 Å². The monoisotopic (exact) mass is 427 g/mol. The van der Waals surface area contributed by atoms with Gasteiger partial charge in [-0.3, -0.25) is 4.79 Å². The van der Waals surface area contributed by atoms with Crippen molar-refractivity contribution in [1.82, 2.24) is 15.3 Å². The van der Waals surface area contributed by atoms with E-state index in [0.29, 0.717) is 36.8 Å². The number of nitrogens with zero attached hydrogens (tertiary/aromatic N) is 4. The lowest BCUT2D eigenvalue weighted by molar-refractivity contribution is -0.122. The summed E-state index contributed by atoms with van der Waals surface area (Å²) in [5.74, 6) is 1.56. The van der Waals surface area contributed by atoms with Gasteiger partial charge in [0.1, 0.15) is 11.9 Å². The van der Waals surface area contributed by atoms with Crippen LogP contribution in [0.25, 0.3) is 0 Å². The molecule has 4 atom stereocenters. The average molecular weight is 428 g/mol. The number of anilines is 2. The molecular formula is C23H30FN5O2. The van der Waals surface area contributed by atoms with Gasteiger partial charge in [0.25, 0.3) is 0 Å². The fourth-order valence-corrected chi connectivity index (χ4v) is 3.81. The number of benzene rings is 1. The summed E-state index contributed by atoms with van der Waals surface area (Å²) in [5.41, 5.74) is 0.963. The number of carbonyl (C=O) groups is 1. The van der Waals surface area contributed by atoms with E-state index >= 15 is 0 Å². The molecule has 166 valence electrons. The molecule has 2 heterocycles. The van der Waals surface area contributed by atoms with Gasteiger partial charge in [-0.1, -0.05) is 19.1 Å². The minimum atomic E-state index is -0.427. The highest BCUT2D eigenvalue weighted by Gasteiger charge is 2.35. The lowest BCUT2D eigenvalue weighted by atomic mass is 10.0. The van der Waals surface area contributed by atoms with E-state index in [9.17, 15) is 9.18 Å². The number of amides is 1. The Hall–Kier alpha value is -2.90. The molecule has 31 heavy (non-hydrogen) atoms. The normalized spacial score (nSPS) is 23.4. The minimum Gasteiger partial charge on any atom is -0.489 e. The van der Waals surface area contributed by atoms with Crippen LogP contribution in [0.5, 0.6) is 5.75 Å². The van der Waals surface area contributed by atoms with Gasteiger partial charge >= 0.3 is 0 Å². The largest absolute Gasteiger partial charge is 0.489 e. The fraction of sp³-hybridized carbons (Fsp3) is 0.522. The maximum Gasteiger partial charge on any atom is 0.227 e. The second-order valence-electron chi connectivity index (χ2n) is 8.83. The summed E-state index contributed by atoms with van der Waals surface area (Å²) in [6.45, 7) is 5.29. The average Bonchev–Trinajstić information content (AvgIpc) is 3.24. The Morgan fingerprint density at radius 3 is 2.68 bits per heavy atom. The van der Waals surface area contributed by atoms with Crippen LogP contribution >= 0.6 is 0 Å². The standard InChI is InChI=1S/C23H30FN5O2/c1-14-11-20(14)26-22(30)15(2)16-5-7-17(8-6-16)31-18-9-10-29(13-18)21-19(24)12-25-23(27-21)28(3)4/h5-8,12,14-15,18,20H,9-11,13H2,1-4H3,(H,26,30). The lowest BCUT2D eigenvalue weighted by Crippen LogP contribution is -2.30. The zero-order chi connectivity index (χ0) is 22.1. The Kier molecular flexibility index (Phi) is 5.98. The summed E-state index contributed by atoms with van der Waals surface area (Å²) < 4.78 is 20.4. The number of ether oxygens (including phenoxy) is 1. The summed E-state index contributed by atoms with van der Waals surface area (Å²) in [6.07, 6.45) is 3.01. The number of nitrogens with one attached hydrogen (secondary N) is 1. The maximum absolute atomic E-state index is 14.3. The summed E-state index contributed by atoms with van der Waals surface area (Å²) in [6, 6.07) is 8.01. The van der Waals surface area contributed by atoms with Crippen LogP contribution < -0.4 is 19.9 Å². The quantitative estimate of drug-likeness (QED) is 0.733. The van der Waals surface area contributed by atoms with Crippen molar-refractivity contribution in [2.24, 2.45) is 5.92 Å². The predicted octanol–water partition coefficient (Wildman–Crippen LogP) is 2.97. The zero-order valence-corrected chi connectivity index (χ0v) is 18.5. The third-order valence-electron chi connectivity index (χ3n) is 6.07. The number of halogens is 1. The predicted molar refractivity (Wildman–Crippen MR) is 118 cm³/mol. The third-order valence-corrected chi connectivity index (χ3v) is 6.07. The smallest absolute Gasteiger partial charge is 0.227 e. The van der Waals surface area contributed by atoms with E-state index in [4.69, 9.17) is 4.74 Å². The van der Waals surface area contributed by atoms with Crippen LogP contribution in [0, 0.1) is 11.7 Å². The van der Waals surface area contributed by atoms with E-state index in [1.54, 1.807) is 4.90 Å². The molecule has 2 fully saturated rings. The number of carbonyl (C=O) groups excluding carboxylic acids is 1. The van der Waals surface area contributed by atoms with Gasteiger partial charge in [0.05, 0.1) is 18.7 Å². The van der Waals surface area contributed by atoms with Crippen molar-refractivity contribution in [1.29, 1.82) is 0 Å². The molecule has 1 saturated heterocycles. The fourth-order valence-electron chi connectivity index (χ4n) is 3.81. The first-order chi connectivity index (χ1) is 14.8. The molecule has 1 aromatic carbocycles. The topological polar surface area (TPSA) is 70.6 Å². The zero-order valence-electron chi connectivity index (χ0n) is 18.5. The van der Waals surface area contributed by atoms with Crippen LogP contribution in [0.2, 0.25) is 0 Å². The van der Waals surface area contributed by atoms with Crippen LogP contribution in [0.1, 0.15) is 38.2 Å². The molecule has 1 aromatic heterocycles. The van der Waals surface area contributed by atoms with E-state index in [1.807, 2.05) is 50.2 Å². The van der Waals surface area contributed by atoms with Gasteiger partial charge < -0.3 is 19.9 Å². The molecule has 4 unspecified atom stereocenters. The Balaban J connectivity index is 1.34. The van der Waals surface area contributed by atoms with Crippen molar-refractivity contribution < 1.29 is 13.9 Å². The Labute approximate surface area is 182 Å². The SMILES string of the molecule is CC(C(=O)NC1CC1C)c1ccc(OC2CCN(c3nc(N(C)C)ncc3F)C2)cc1. The molecule has 0 bridgehead atoms. The highest BCUT2D eigenvalue weighted by Crippen LogP contribution is 2.30. The molecule has 2 aliphatic rings. The van der Waals surface area contributed by atoms with E-state index in [-0.39, 0.29) is 17.9 Å². The maximum atomic E-state index is 14.3. The summed E-state index contributed by atoms with van der Waals surface area (Å²) in [5, 5.41) is 3.09. The van der Waals surface area contributed by atoms with Crippen molar-refractivity contribution in [2.45, 2.75) is 44.8 Å². The Morgan fingerprint density at radius 1 is 1.32 bits per heavy atom. The molecule has 0 radical (unpaired) electrons. The highest BCUT2D eigenvalue weighted by molar-refractivity contribution is 5.83. The molecule has 1 N–H and O–H groups in total. The molecule has 8 heteroatoms. The lowest BCUT2D eigenvalue weighted by Gasteiger charge is -2.20. The number of hydrogen-bond donors (Lipinski definition) is 1. The first-order valence-electron chi connectivity index (χ1n) is 10.8. The van der Waals surface area contributed by atoms with Crippen molar-refractivity contribution in [2.75, 3.05) is 37.0 Å². The minimum absolute atomic E-state index is 0.0555. The summed E-state index contributed by atoms with van der Waals surface area (Å²) in [7, 11) is 3.65. The van der Waals surface area contributed by atoms with E-state index < -0.39 is 5.82 Å². The van der Waals surface area contributed by atoms with Crippen molar-refractivity contribution in [3.8, 4) is 5.75 Å². The molecule has 7 nitrogen and oxygen atoms in total. The molecule has 4 rings (SSSR count). The van der Waals surface area contributed by atoms with E-state index in [2.05, 4.69) is 22.2 Å². The van der Waals surface area contributed by atoms with Crippen molar-refractivity contribution in [3.05, 3.63) is 41.8 Å². The van der Waals surface area contributed by atoms with Crippen LogP contribution in [-0.2, 0) is 4.79 Å². The van der Waals surface area contributed by atoms with Crippen LogP contribution in [0.4, 0.5) is 16.2 Å². The van der Waals surface area contributed by atoms with Crippen LogP contribution in [0.3, 0.4) is 0 Å². The summed E-state index contributed by atoms with van der Waals surface area (Å²) >= 11 is 0. The van der Waals surface area contributed by atoms with Gasteiger partial charge in [-0.05, 0) is 37.0 Å². The first-order valence-corrected chi connectivity index (χ1v) is 10.8. The number of aromatic nitrogens is 2.